The van der Waals surface area contributed by atoms with Crippen LogP contribution in [0.4, 0.5) is 0 Å². The smallest absolute Gasteiger partial charge is 0.219 e. The first-order valence-corrected chi connectivity index (χ1v) is 4.00. The Morgan fingerprint density at radius 3 is 2.00 bits per heavy atom. The summed E-state index contributed by atoms with van der Waals surface area (Å²) in [5.41, 5.74) is 0.263. The van der Waals surface area contributed by atoms with Crippen molar-refractivity contribution in [2.75, 3.05) is 0 Å². The van der Waals surface area contributed by atoms with Crippen LogP contribution in [0.25, 0.3) is 0 Å². The van der Waals surface area contributed by atoms with Crippen molar-refractivity contribution in [3.63, 3.8) is 0 Å². The molecular weight excluding hydrogens is 203 g/mol. The van der Waals surface area contributed by atoms with Gasteiger partial charge in [0.25, 0.3) is 0 Å². The molecule has 58 valence electrons. The van der Waals surface area contributed by atoms with Gasteiger partial charge in [-0.1, -0.05) is 29.3 Å². The fourth-order valence-electron chi connectivity index (χ4n) is 0.702. The van der Waals surface area contributed by atoms with E-state index in [0.717, 1.165) is 0 Å². The average Bonchev–Trinajstić information content (AvgIpc) is 1.85. The number of carbonyl (C=O) groups is 1. The first-order valence-electron chi connectivity index (χ1n) is 2.80. The van der Waals surface area contributed by atoms with Gasteiger partial charge in [0, 0.05) is 0 Å². The van der Waals surface area contributed by atoms with Gasteiger partial charge in [0.05, 0.1) is 15.6 Å². The van der Waals surface area contributed by atoms with Crippen LogP contribution < -0.4 is 0 Å². The fourth-order valence-corrected chi connectivity index (χ4v) is 1.64. The highest BCUT2D eigenvalue weighted by molar-refractivity contribution is 7.97. The molecular formula is C7H4Cl2OS. The predicted octanol–water partition coefficient (Wildman–Crippen LogP) is 3.06. The van der Waals surface area contributed by atoms with Crippen molar-refractivity contribution in [1.82, 2.24) is 0 Å². The van der Waals surface area contributed by atoms with Crippen LogP contribution in [0.2, 0.25) is 10.0 Å². The third-order valence-electron chi connectivity index (χ3n) is 1.18. The van der Waals surface area contributed by atoms with E-state index in [1.165, 1.54) is 0 Å². The summed E-state index contributed by atoms with van der Waals surface area (Å²) in [6.45, 7) is 0. The van der Waals surface area contributed by atoms with E-state index in [2.05, 4.69) is 12.6 Å². The van der Waals surface area contributed by atoms with Gasteiger partial charge < -0.3 is 0 Å². The molecule has 0 aliphatic heterocycles. The van der Waals surface area contributed by atoms with Gasteiger partial charge in [-0.2, -0.15) is 0 Å². The Labute approximate surface area is 79.7 Å². The van der Waals surface area contributed by atoms with E-state index in [1.807, 2.05) is 0 Å². The second kappa shape index (κ2) is 3.48. The van der Waals surface area contributed by atoms with Gasteiger partial charge in [0.1, 0.15) is 0 Å². The molecule has 11 heavy (non-hydrogen) atoms. The first-order chi connectivity index (χ1) is 5.13. The Balaban J connectivity index is 3.32. The Morgan fingerprint density at radius 2 is 1.73 bits per heavy atom. The zero-order valence-electron chi connectivity index (χ0n) is 5.34. The van der Waals surface area contributed by atoms with E-state index >= 15 is 0 Å². The summed E-state index contributed by atoms with van der Waals surface area (Å²) in [5, 5.41) is 0.246. The molecule has 0 aliphatic rings. The maximum Gasteiger partial charge on any atom is 0.219 e. The summed E-state index contributed by atoms with van der Waals surface area (Å²) in [7, 11) is 0. The fraction of sp³-hybridized carbons (Fsp3) is 0. The van der Waals surface area contributed by atoms with Crippen LogP contribution in [0.3, 0.4) is 0 Å². The minimum atomic E-state index is -0.416. The van der Waals surface area contributed by atoms with Crippen molar-refractivity contribution in [1.29, 1.82) is 0 Å². The highest BCUT2D eigenvalue weighted by atomic mass is 35.5. The molecule has 1 rings (SSSR count). The number of carbonyl (C=O) groups excluding carboxylic acids is 1. The van der Waals surface area contributed by atoms with Crippen molar-refractivity contribution in [3.8, 4) is 0 Å². The molecule has 1 nitrogen and oxygen atoms in total. The minimum Gasteiger partial charge on any atom is -0.282 e. The maximum atomic E-state index is 10.8. The van der Waals surface area contributed by atoms with E-state index < -0.39 is 5.12 Å². The van der Waals surface area contributed by atoms with E-state index in [1.54, 1.807) is 18.2 Å². The number of benzene rings is 1. The molecule has 0 saturated carbocycles. The normalized spacial score (nSPS) is 9.73. The summed E-state index contributed by atoms with van der Waals surface area (Å²) in [5.74, 6) is 0. The lowest BCUT2D eigenvalue weighted by molar-refractivity contribution is 0.109. The summed E-state index contributed by atoms with van der Waals surface area (Å²) < 4.78 is 0. The van der Waals surface area contributed by atoms with Crippen LogP contribution in [-0.4, -0.2) is 5.12 Å². The molecule has 4 heteroatoms. The number of rotatable bonds is 1. The van der Waals surface area contributed by atoms with E-state index in [0.29, 0.717) is 10.0 Å². The van der Waals surface area contributed by atoms with E-state index in [4.69, 9.17) is 23.2 Å². The second-order valence-corrected chi connectivity index (χ2v) is 3.12. The van der Waals surface area contributed by atoms with Gasteiger partial charge in [-0.05, 0) is 12.1 Å². The van der Waals surface area contributed by atoms with Crippen molar-refractivity contribution in [2.45, 2.75) is 0 Å². The monoisotopic (exact) mass is 206 g/mol. The highest BCUT2D eigenvalue weighted by Crippen LogP contribution is 2.25. The molecule has 0 radical (unpaired) electrons. The lowest BCUT2D eigenvalue weighted by atomic mass is 10.2. The quantitative estimate of drug-likeness (QED) is 0.700. The molecule has 0 fully saturated rings. The lowest BCUT2D eigenvalue weighted by Gasteiger charge is -1.99. The number of thiol groups is 1. The largest absolute Gasteiger partial charge is 0.282 e. The molecule has 0 amide bonds. The molecule has 0 unspecified atom stereocenters. The van der Waals surface area contributed by atoms with Crippen molar-refractivity contribution in [3.05, 3.63) is 33.8 Å². The number of hydrogen-bond acceptors (Lipinski definition) is 1. The van der Waals surface area contributed by atoms with Crippen LogP contribution in [0.5, 0.6) is 0 Å². The number of halogens is 2. The van der Waals surface area contributed by atoms with Crippen molar-refractivity contribution in [2.24, 2.45) is 0 Å². The van der Waals surface area contributed by atoms with Crippen LogP contribution in [0.15, 0.2) is 18.2 Å². The summed E-state index contributed by atoms with van der Waals surface area (Å²) in [4.78, 5) is 10.8. The van der Waals surface area contributed by atoms with Crippen LogP contribution >= 0.6 is 35.8 Å². The molecule has 0 N–H and O–H groups in total. The molecule has 0 spiro atoms. The van der Waals surface area contributed by atoms with Crippen LogP contribution in [-0.2, 0) is 0 Å². The van der Waals surface area contributed by atoms with Gasteiger partial charge in [0.2, 0.25) is 5.12 Å². The average molecular weight is 207 g/mol. The predicted molar refractivity (Wildman–Crippen MR) is 49.8 cm³/mol. The highest BCUT2D eigenvalue weighted by Gasteiger charge is 2.09. The second-order valence-electron chi connectivity index (χ2n) is 1.90. The van der Waals surface area contributed by atoms with E-state index in [9.17, 15) is 4.79 Å². The molecule has 0 atom stereocenters. The third kappa shape index (κ3) is 1.89. The number of hydrogen-bond donors (Lipinski definition) is 1. The molecule has 0 bridgehead atoms. The Bertz CT molecular complexity index is 278. The van der Waals surface area contributed by atoms with Gasteiger partial charge in [-0.3, -0.25) is 4.79 Å². The van der Waals surface area contributed by atoms with Gasteiger partial charge in [-0.25, -0.2) is 0 Å². The third-order valence-corrected chi connectivity index (χ3v) is 2.03. The molecule has 0 heterocycles. The Morgan fingerprint density at radius 1 is 1.27 bits per heavy atom. The molecule has 0 saturated heterocycles. The van der Waals surface area contributed by atoms with Gasteiger partial charge in [-0.15, -0.1) is 12.6 Å². The minimum absolute atomic E-state index is 0.263. The first kappa shape index (κ1) is 8.91. The van der Waals surface area contributed by atoms with Gasteiger partial charge >= 0.3 is 0 Å². The zero-order valence-corrected chi connectivity index (χ0v) is 7.75. The van der Waals surface area contributed by atoms with Crippen LogP contribution in [0.1, 0.15) is 10.4 Å². The standard InChI is InChI=1S/C7H4Cl2OS/c8-4-2-1-3-5(9)6(4)7(10)11/h1-3H,(H,10,11). The van der Waals surface area contributed by atoms with Crippen molar-refractivity contribution >= 4 is 40.9 Å². The maximum absolute atomic E-state index is 10.8. The van der Waals surface area contributed by atoms with Crippen LogP contribution in [0, 0.1) is 0 Å². The molecule has 1 aromatic rings. The Kier molecular flexibility index (Phi) is 2.82. The summed E-state index contributed by atoms with van der Waals surface area (Å²) >= 11 is 15.0. The summed E-state index contributed by atoms with van der Waals surface area (Å²) in [6.07, 6.45) is 0. The van der Waals surface area contributed by atoms with Crippen molar-refractivity contribution < 1.29 is 4.79 Å². The molecule has 1 aromatic carbocycles. The molecule has 0 aliphatic carbocycles. The summed E-state index contributed by atoms with van der Waals surface area (Å²) in [6, 6.07) is 4.86. The Hall–Kier alpha value is -0.180. The van der Waals surface area contributed by atoms with Gasteiger partial charge in [0.15, 0.2) is 0 Å². The molecule has 0 aromatic heterocycles. The topological polar surface area (TPSA) is 17.1 Å². The van der Waals surface area contributed by atoms with E-state index in [-0.39, 0.29) is 5.56 Å². The SMILES string of the molecule is O=C(S)c1c(Cl)cccc1Cl. The lowest BCUT2D eigenvalue weighted by Crippen LogP contribution is -1.90. The zero-order chi connectivity index (χ0) is 8.43.